The van der Waals surface area contributed by atoms with E-state index >= 15 is 0 Å². The Bertz CT molecular complexity index is 893. The Hall–Kier alpha value is -2.54. The highest BCUT2D eigenvalue weighted by molar-refractivity contribution is 6.42. The van der Waals surface area contributed by atoms with Crippen molar-refractivity contribution in [3.63, 3.8) is 0 Å². The summed E-state index contributed by atoms with van der Waals surface area (Å²) < 4.78 is 5.26. The van der Waals surface area contributed by atoms with Gasteiger partial charge in [-0.25, -0.2) is 4.79 Å². The maximum Gasteiger partial charge on any atom is 0.355 e. The summed E-state index contributed by atoms with van der Waals surface area (Å²) in [5.41, 5.74) is 1.92. The number of halogens is 2. The topological polar surface area (TPSA) is 50.1 Å². The van der Waals surface area contributed by atoms with Gasteiger partial charge in [-0.3, -0.25) is 0 Å². The van der Waals surface area contributed by atoms with Crippen molar-refractivity contribution in [2.24, 2.45) is 0 Å². The summed E-state index contributed by atoms with van der Waals surface area (Å²) in [5.74, 6) is -0.339. The largest absolute Gasteiger partial charge is 0.422 e. The molecule has 0 N–H and O–H groups in total. The van der Waals surface area contributed by atoms with Gasteiger partial charge in [0.2, 0.25) is 0 Å². The number of ether oxygens (including phenoxy) is 1. The van der Waals surface area contributed by atoms with Crippen LogP contribution in [0.15, 0.2) is 59.9 Å². The molecule has 0 spiro atoms. The monoisotopic (exact) mass is 341 g/mol. The molecule has 0 aromatic heterocycles. The number of carbonyl (C=O) groups is 1. The number of nitriles is 1. The second kappa shape index (κ2) is 6.29. The van der Waals surface area contributed by atoms with Gasteiger partial charge in [-0.2, -0.15) is 5.26 Å². The molecule has 2 aromatic rings. The van der Waals surface area contributed by atoms with E-state index in [0.29, 0.717) is 21.4 Å². The fourth-order valence-electron chi connectivity index (χ4n) is 2.28. The molecule has 0 fully saturated rings. The van der Waals surface area contributed by atoms with E-state index in [1.54, 1.807) is 24.3 Å². The van der Waals surface area contributed by atoms with E-state index < -0.39 is 5.97 Å². The van der Waals surface area contributed by atoms with Crippen LogP contribution in [0.25, 0.3) is 11.6 Å². The molecule has 1 aliphatic heterocycles. The van der Waals surface area contributed by atoms with E-state index in [1.165, 1.54) is 0 Å². The quantitative estimate of drug-likeness (QED) is 0.732. The Morgan fingerprint density at radius 2 is 1.78 bits per heavy atom. The zero-order valence-corrected chi connectivity index (χ0v) is 13.2. The zero-order valence-electron chi connectivity index (χ0n) is 11.7. The molecule has 0 radical (unpaired) electrons. The Morgan fingerprint density at radius 3 is 2.43 bits per heavy atom. The molecule has 0 aliphatic carbocycles. The minimum Gasteiger partial charge on any atom is -0.422 e. The lowest BCUT2D eigenvalue weighted by Gasteiger charge is -2.05. The van der Waals surface area contributed by atoms with Crippen molar-refractivity contribution < 1.29 is 9.53 Å². The molecule has 5 heteroatoms. The molecule has 0 amide bonds. The number of carbonyl (C=O) groups excluding carboxylic acids is 1. The molecule has 0 bridgehead atoms. The molecule has 0 atom stereocenters. The van der Waals surface area contributed by atoms with E-state index in [0.717, 1.165) is 11.1 Å². The summed E-state index contributed by atoms with van der Waals surface area (Å²) in [7, 11) is 0. The van der Waals surface area contributed by atoms with Gasteiger partial charge in [0, 0.05) is 5.57 Å². The second-order valence-corrected chi connectivity index (χ2v) is 5.61. The summed E-state index contributed by atoms with van der Waals surface area (Å²) in [6.45, 7) is 0. The normalized spacial score (nSPS) is 15.7. The maximum absolute atomic E-state index is 11.9. The Kier molecular flexibility index (Phi) is 4.20. The van der Waals surface area contributed by atoms with Crippen LogP contribution in [0.4, 0.5) is 0 Å². The SMILES string of the molecule is N#CC1=C(c2ccccc2)/C(=C/c2ccc(Cl)c(Cl)c2)OC1=O. The van der Waals surface area contributed by atoms with Crippen LogP contribution in [0.2, 0.25) is 10.0 Å². The van der Waals surface area contributed by atoms with Crippen molar-refractivity contribution in [2.75, 3.05) is 0 Å². The third-order valence-corrected chi connectivity index (χ3v) is 4.06. The molecule has 1 heterocycles. The fraction of sp³-hybridized carbons (Fsp3) is 0. The van der Waals surface area contributed by atoms with Crippen LogP contribution in [0.5, 0.6) is 0 Å². The predicted octanol–water partition coefficient (Wildman–Crippen LogP) is 4.87. The molecule has 0 saturated carbocycles. The molecule has 3 rings (SSSR count). The summed E-state index contributed by atoms with van der Waals surface area (Å²) in [4.78, 5) is 11.9. The predicted molar refractivity (Wildman–Crippen MR) is 89.5 cm³/mol. The number of cyclic esters (lactones) is 1. The molecule has 112 valence electrons. The Labute approximate surface area is 143 Å². The summed E-state index contributed by atoms with van der Waals surface area (Å²) in [6.07, 6.45) is 1.66. The number of benzene rings is 2. The molecule has 23 heavy (non-hydrogen) atoms. The Morgan fingerprint density at radius 1 is 1.04 bits per heavy atom. The fourth-order valence-corrected chi connectivity index (χ4v) is 2.58. The summed E-state index contributed by atoms with van der Waals surface area (Å²) >= 11 is 11.9. The number of rotatable bonds is 2. The van der Waals surface area contributed by atoms with Gasteiger partial charge in [0.15, 0.2) is 0 Å². The van der Waals surface area contributed by atoms with Crippen molar-refractivity contribution in [1.29, 1.82) is 5.26 Å². The van der Waals surface area contributed by atoms with Gasteiger partial charge >= 0.3 is 5.97 Å². The summed E-state index contributed by atoms with van der Waals surface area (Å²) in [5, 5.41) is 10.1. The summed E-state index contributed by atoms with van der Waals surface area (Å²) in [6, 6.07) is 16.1. The van der Waals surface area contributed by atoms with Crippen molar-refractivity contribution in [2.45, 2.75) is 0 Å². The van der Waals surface area contributed by atoms with Gasteiger partial charge in [0.25, 0.3) is 0 Å². The first-order chi connectivity index (χ1) is 11.1. The van der Waals surface area contributed by atoms with Gasteiger partial charge in [-0.1, -0.05) is 59.6 Å². The lowest BCUT2D eigenvalue weighted by Crippen LogP contribution is -1.96. The number of allylic oxidation sites excluding steroid dienone is 1. The second-order valence-electron chi connectivity index (χ2n) is 4.80. The average Bonchev–Trinajstić information content (AvgIpc) is 2.87. The third kappa shape index (κ3) is 3.00. The van der Waals surface area contributed by atoms with Crippen molar-refractivity contribution >= 4 is 40.8 Å². The van der Waals surface area contributed by atoms with Gasteiger partial charge in [-0.15, -0.1) is 0 Å². The maximum atomic E-state index is 11.9. The van der Waals surface area contributed by atoms with E-state index in [2.05, 4.69) is 0 Å². The van der Waals surface area contributed by atoms with E-state index in [-0.39, 0.29) is 5.57 Å². The number of hydrogen-bond acceptors (Lipinski definition) is 3. The first-order valence-corrected chi connectivity index (χ1v) is 7.45. The minimum atomic E-state index is -0.655. The molecule has 2 aromatic carbocycles. The highest BCUT2D eigenvalue weighted by Gasteiger charge is 2.30. The van der Waals surface area contributed by atoms with E-state index in [1.807, 2.05) is 36.4 Å². The van der Waals surface area contributed by atoms with Gasteiger partial charge in [0.1, 0.15) is 17.4 Å². The van der Waals surface area contributed by atoms with E-state index in [9.17, 15) is 10.1 Å². The van der Waals surface area contributed by atoms with Crippen LogP contribution < -0.4 is 0 Å². The van der Waals surface area contributed by atoms with E-state index in [4.69, 9.17) is 27.9 Å². The molecular formula is C18H9Cl2NO2. The molecule has 0 saturated heterocycles. The smallest absolute Gasteiger partial charge is 0.355 e. The number of esters is 1. The number of nitrogens with zero attached hydrogens (tertiary/aromatic N) is 1. The highest BCUT2D eigenvalue weighted by atomic mass is 35.5. The standard InChI is InChI=1S/C18H9Cl2NO2/c19-14-7-6-11(8-15(14)20)9-16-17(12-4-2-1-3-5-12)13(10-21)18(22)23-16/h1-9H/b16-9-. The Balaban J connectivity index is 2.13. The molecule has 0 unspecified atom stereocenters. The van der Waals surface area contributed by atoms with Crippen LogP contribution in [-0.2, 0) is 9.53 Å². The van der Waals surface area contributed by atoms with Crippen molar-refractivity contribution in [1.82, 2.24) is 0 Å². The van der Waals surface area contributed by atoms with Crippen LogP contribution in [0.1, 0.15) is 11.1 Å². The van der Waals surface area contributed by atoms with Crippen LogP contribution in [0, 0.1) is 11.3 Å². The minimum absolute atomic E-state index is 0.0116. The molecular weight excluding hydrogens is 333 g/mol. The average molecular weight is 342 g/mol. The number of hydrogen-bond donors (Lipinski definition) is 0. The lowest BCUT2D eigenvalue weighted by atomic mass is 9.99. The molecule has 1 aliphatic rings. The van der Waals surface area contributed by atoms with Gasteiger partial charge in [-0.05, 0) is 29.3 Å². The zero-order chi connectivity index (χ0) is 16.4. The molecule has 3 nitrogen and oxygen atoms in total. The van der Waals surface area contributed by atoms with Crippen LogP contribution in [0.3, 0.4) is 0 Å². The van der Waals surface area contributed by atoms with Gasteiger partial charge < -0.3 is 4.74 Å². The van der Waals surface area contributed by atoms with Crippen LogP contribution in [-0.4, -0.2) is 5.97 Å². The van der Waals surface area contributed by atoms with Crippen molar-refractivity contribution in [3.8, 4) is 6.07 Å². The first kappa shape index (κ1) is 15.4. The van der Waals surface area contributed by atoms with Crippen LogP contribution >= 0.6 is 23.2 Å². The van der Waals surface area contributed by atoms with Gasteiger partial charge in [0.05, 0.1) is 10.0 Å². The van der Waals surface area contributed by atoms with Crippen molar-refractivity contribution in [3.05, 3.63) is 81.0 Å². The first-order valence-electron chi connectivity index (χ1n) is 6.69. The third-order valence-electron chi connectivity index (χ3n) is 3.32. The lowest BCUT2D eigenvalue weighted by molar-refractivity contribution is -0.132. The highest BCUT2D eigenvalue weighted by Crippen LogP contribution is 2.36.